The molecule has 2 aromatic rings. The van der Waals surface area contributed by atoms with Gasteiger partial charge in [0, 0.05) is 61.5 Å². The van der Waals surface area contributed by atoms with Gasteiger partial charge >= 0.3 is 6.03 Å². The third-order valence-electron chi connectivity index (χ3n) is 4.50. The zero-order chi connectivity index (χ0) is 18.2. The number of nitrogens with zero attached hydrogens (tertiary/aromatic N) is 3. The maximum absolute atomic E-state index is 12.4. The van der Waals surface area contributed by atoms with E-state index in [0.717, 1.165) is 38.4 Å². The van der Waals surface area contributed by atoms with E-state index in [9.17, 15) is 4.79 Å². The van der Waals surface area contributed by atoms with Gasteiger partial charge in [-0.2, -0.15) is 0 Å². The molecule has 2 heterocycles. The topological polar surface area (TPSA) is 48.5 Å². The molecule has 138 valence electrons. The second-order valence-corrected chi connectivity index (χ2v) is 7.55. The maximum Gasteiger partial charge on any atom is 0.317 e. The zero-order valence-corrected chi connectivity index (χ0v) is 16.0. The van der Waals surface area contributed by atoms with Crippen LogP contribution in [-0.2, 0) is 0 Å². The molecule has 0 unspecified atom stereocenters. The first-order chi connectivity index (χ1) is 12.7. The number of carbonyl (C=O) groups is 1. The van der Waals surface area contributed by atoms with Gasteiger partial charge in [0.05, 0.1) is 0 Å². The number of pyridine rings is 1. The molecule has 1 fully saturated rings. The van der Waals surface area contributed by atoms with E-state index in [4.69, 9.17) is 0 Å². The zero-order valence-electron chi connectivity index (χ0n) is 15.2. The number of benzene rings is 1. The van der Waals surface area contributed by atoms with Gasteiger partial charge in [-0.15, -0.1) is 11.8 Å². The first-order valence-corrected chi connectivity index (χ1v) is 10.1. The fraction of sp³-hybridized carbons (Fsp3) is 0.400. The highest BCUT2D eigenvalue weighted by Gasteiger charge is 2.19. The average Bonchev–Trinajstić information content (AvgIpc) is 2.92. The minimum Gasteiger partial charge on any atom is -0.369 e. The van der Waals surface area contributed by atoms with Crippen molar-refractivity contribution in [3.8, 4) is 0 Å². The molecule has 2 amide bonds. The average molecular weight is 371 g/mol. The summed E-state index contributed by atoms with van der Waals surface area (Å²) in [7, 11) is 0. The molecular weight excluding hydrogens is 344 g/mol. The lowest BCUT2D eigenvalue weighted by Crippen LogP contribution is -2.42. The normalized spacial score (nSPS) is 14.8. The molecule has 1 aliphatic rings. The van der Waals surface area contributed by atoms with E-state index in [2.05, 4.69) is 40.3 Å². The summed E-state index contributed by atoms with van der Waals surface area (Å²) < 4.78 is 0. The van der Waals surface area contributed by atoms with Crippen molar-refractivity contribution in [3.05, 3.63) is 54.4 Å². The van der Waals surface area contributed by atoms with Gasteiger partial charge in [-0.3, -0.25) is 4.98 Å². The highest BCUT2D eigenvalue weighted by molar-refractivity contribution is 7.99. The van der Waals surface area contributed by atoms with Crippen LogP contribution >= 0.6 is 11.8 Å². The highest BCUT2D eigenvalue weighted by atomic mass is 32.2. The van der Waals surface area contributed by atoms with Gasteiger partial charge in [0.1, 0.15) is 0 Å². The summed E-state index contributed by atoms with van der Waals surface area (Å²) in [5, 5.41) is 3.05. The Morgan fingerprint density at radius 2 is 2.00 bits per heavy atom. The lowest BCUT2D eigenvalue weighted by atomic mass is 10.2. The number of hydrogen-bond acceptors (Lipinski definition) is 4. The largest absolute Gasteiger partial charge is 0.369 e. The van der Waals surface area contributed by atoms with Gasteiger partial charge in [0.25, 0.3) is 0 Å². The van der Waals surface area contributed by atoms with Crippen LogP contribution in [0, 0.1) is 6.92 Å². The summed E-state index contributed by atoms with van der Waals surface area (Å²) in [5.41, 5.74) is 2.41. The lowest BCUT2D eigenvalue weighted by molar-refractivity contribution is 0.202. The number of rotatable bonds is 5. The Hall–Kier alpha value is -2.21. The number of urea groups is 1. The second kappa shape index (κ2) is 9.48. The predicted octanol–water partition coefficient (Wildman–Crippen LogP) is 3.40. The van der Waals surface area contributed by atoms with Crippen molar-refractivity contribution in [2.75, 3.05) is 43.4 Å². The van der Waals surface area contributed by atoms with Gasteiger partial charge in [-0.05, 0) is 37.1 Å². The summed E-state index contributed by atoms with van der Waals surface area (Å²) in [6, 6.07) is 12.4. The number of hydrogen-bond donors (Lipinski definition) is 1. The number of nitrogens with one attached hydrogen (secondary N) is 1. The van der Waals surface area contributed by atoms with Crippen LogP contribution in [0.15, 0.2) is 53.7 Å². The number of anilines is 1. The van der Waals surface area contributed by atoms with Crippen molar-refractivity contribution < 1.29 is 4.79 Å². The Bertz CT molecular complexity index is 710. The van der Waals surface area contributed by atoms with E-state index >= 15 is 0 Å². The molecule has 0 bridgehead atoms. The highest BCUT2D eigenvalue weighted by Crippen LogP contribution is 2.20. The Morgan fingerprint density at radius 1 is 1.15 bits per heavy atom. The van der Waals surface area contributed by atoms with E-state index in [1.807, 2.05) is 35.5 Å². The van der Waals surface area contributed by atoms with Crippen LogP contribution in [0.3, 0.4) is 0 Å². The third-order valence-corrected chi connectivity index (χ3v) is 5.52. The minimum absolute atomic E-state index is 0.0481. The van der Waals surface area contributed by atoms with E-state index in [0.29, 0.717) is 6.54 Å². The smallest absolute Gasteiger partial charge is 0.317 e. The first kappa shape index (κ1) is 18.6. The summed E-state index contributed by atoms with van der Waals surface area (Å²) in [4.78, 5) is 22.1. The summed E-state index contributed by atoms with van der Waals surface area (Å²) in [6.45, 7) is 6.15. The van der Waals surface area contributed by atoms with Gasteiger partial charge in [0.2, 0.25) is 0 Å². The van der Waals surface area contributed by atoms with Crippen molar-refractivity contribution in [2.45, 2.75) is 18.2 Å². The molecular formula is C20H26N4OS. The molecule has 1 N–H and O–H groups in total. The monoisotopic (exact) mass is 370 g/mol. The fourth-order valence-electron chi connectivity index (χ4n) is 3.14. The molecule has 1 aliphatic heterocycles. The Labute approximate surface area is 159 Å². The molecule has 1 aromatic heterocycles. The predicted molar refractivity (Wildman–Crippen MR) is 108 cm³/mol. The van der Waals surface area contributed by atoms with Crippen LogP contribution in [0.1, 0.15) is 12.0 Å². The summed E-state index contributed by atoms with van der Waals surface area (Å²) in [5.74, 6) is 0.881. The van der Waals surface area contributed by atoms with E-state index in [1.54, 1.807) is 11.8 Å². The van der Waals surface area contributed by atoms with Crippen molar-refractivity contribution in [1.82, 2.24) is 15.2 Å². The van der Waals surface area contributed by atoms with Crippen molar-refractivity contribution >= 4 is 23.5 Å². The number of aromatic nitrogens is 1. The van der Waals surface area contributed by atoms with Crippen molar-refractivity contribution in [2.24, 2.45) is 0 Å². The molecule has 0 saturated carbocycles. The Balaban J connectivity index is 1.43. The van der Waals surface area contributed by atoms with Gasteiger partial charge in [-0.25, -0.2) is 4.79 Å². The third kappa shape index (κ3) is 5.14. The molecule has 0 aliphatic carbocycles. The van der Waals surface area contributed by atoms with Crippen LogP contribution in [0.2, 0.25) is 0 Å². The fourth-order valence-corrected chi connectivity index (χ4v) is 3.93. The molecule has 3 rings (SSSR count). The Morgan fingerprint density at radius 3 is 2.81 bits per heavy atom. The molecule has 1 aromatic carbocycles. The number of carbonyl (C=O) groups excluding carboxylic acids is 1. The van der Waals surface area contributed by atoms with Gasteiger partial charge in [0.15, 0.2) is 0 Å². The number of thioether (sulfide) groups is 1. The number of amides is 2. The second-order valence-electron chi connectivity index (χ2n) is 6.38. The maximum atomic E-state index is 12.4. The standard InChI is InChI=1S/C20H26N4OS/c1-17-16-21-9-8-19(17)23-11-5-12-24(14-13-23)20(25)22-10-15-26-18-6-3-2-4-7-18/h2-4,6-9,16H,5,10-15H2,1H3,(H,22,25). The minimum atomic E-state index is 0.0481. The number of aryl methyl sites for hydroxylation is 1. The van der Waals surface area contributed by atoms with Crippen LogP contribution in [0.25, 0.3) is 0 Å². The van der Waals surface area contributed by atoms with Crippen molar-refractivity contribution in [1.29, 1.82) is 0 Å². The molecule has 6 heteroatoms. The van der Waals surface area contributed by atoms with Crippen LogP contribution in [0.5, 0.6) is 0 Å². The first-order valence-electron chi connectivity index (χ1n) is 9.10. The SMILES string of the molecule is Cc1cnccc1N1CCCN(C(=O)NCCSc2ccccc2)CC1. The molecule has 5 nitrogen and oxygen atoms in total. The molecule has 0 radical (unpaired) electrons. The van der Waals surface area contributed by atoms with Gasteiger partial charge < -0.3 is 15.1 Å². The molecule has 26 heavy (non-hydrogen) atoms. The molecule has 1 saturated heterocycles. The summed E-state index contributed by atoms with van der Waals surface area (Å²) in [6.07, 6.45) is 4.71. The van der Waals surface area contributed by atoms with E-state index in [1.165, 1.54) is 16.1 Å². The lowest BCUT2D eigenvalue weighted by Gasteiger charge is -2.25. The molecule has 0 atom stereocenters. The van der Waals surface area contributed by atoms with Crippen LogP contribution < -0.4 is 10.2 Å². The Kier molecular flexibility index (Phi) is 6.77. The van der Waals surface area contributed by atoms with E-state index in [-0.39, 0.29) is 6.03 Å². The van der Waals surface area contributed by atoms with Crippen LogP contribution in [-0.4, -0.2) is 54.4 Å². The van der Waals surface area contributed by atoms with Crippen molar-refractivity contribution in [3.63, 3.8) is 0 Å². The van der Waals surface area contributed by atoms with E-state index < -0.39 is 0 Å². The summed E-state index contributed by atoms with van der Waals surface area (Å²) >= 11 is 1.77. The quantitative estimate of drug-likeness (QED) is 0.647. The van der Waals surface area contributed by atoms with Gasteiger partial charge in [-0.1, -0.05) is 18.2 Å². The molecule has 0 spiro atoms. The van der Waals surface area contributed by atoms with Crippen LogP contribution in [0.4, 0.5) is 10.5 Å².